The lowest BCUT2D eigenvalue weighted by Crippen LogP contribution is -1.95. The summed E-state index contributed by atoms with van der Waals surface area (Å²) in [6.07, 6.45) is 3.07. The zero-order valence-electron chi connectivity index (χ0n) is 20.9. The van der Waals surface area contributed by atoms with Gasteiger partial charge in [-0.15, -0.1) is 0 Å². The molecule has 4 aromatic rings. The summed E-state index contributed by atoms with van der Waals surface area (Å²) in [5.41, 5.74) is 2.15. The fourth-order valence-corrected chi connectivity index (χ4v) is 3.49. The van der Waals surface area contributed by atoms with E-state index in [9.17, 15) is 20.2 Å². The molecule has 0 unspecified atom stereocenters. The Morgan fingerprint density at radius 2 is 1.00 bits per heavy atom. The van der Waals surface area contributed by atoms with Gasteiger partial charge < -0.3 is 14.2 Å². The molecule has 196 valence electrons. The molecule has 0 radical (unpaired) electrons. The standard InChI is InChI=1S/C28H22N4O7/c1-37-27-13-3-19(15-25(27)31(33)34)17-29-21-5-9-23(10-6-21)39-24-11-7-22(8-12-24)30-18-20-4-14-28(38-2)26(16-20)32(35)36/h3-18H,1-2H3. The molecule has 0 saturated carbocycles. The van der Waals surface area contributed by atoms with Crippen LogP contribution in [-0.4, -0.2) is 36.5 Å². The van der Waals surface area contributed by atoms with Gasteiger partial charge in [0.05, 0.1) is 35.4 Å². The van der Waals surface area contributed by atoms with E-state index in [1.165, 1.54) is 50.9 Å². The van der Waals surface area contributed by atoms with E-state index in [0.29, 0.717) is 34.0 Å². The van der Waals surface area contributed by atoms with Gasteiger partial charge in [0, 0.05) is 24.6 Å². The summed E-state index contributed by atoms with van der Waals surface area (Å²) in [5, 5.41) is 22.4. The zero-order valence-corrected chi connectivity index (χ0v) is 20.9. The van der Waals surface area contributed by atoms with Gasteiger partial charge in [-0.25, -0.2) is 0 Å². The highest BCUT2D eigenvalue weighted by atomic mass is 16.6. The smallest absolute Gasteiger partial charge is 0.311 e. The summed E-state index contributed by atoms with van der Waals surface area (Å²) in [4.78, 5) is 30.1. The SMILES string of the molecule is COc1ccc(C=Nc2ccc(Oc3ccc(N=Cc4ccc(OC)c([N+](=O)[O-])c4)cc3)cc2)cc1[N+](=O)[O-]. The molecule has 0 aliphatic carbocycles. The number of rotatable bonds is 10. The van der Waals surface area contributed by atoms with Crippen molar-refractivity contribution < 1.29 is 24.1 Å². The first-order chi connectivity index (χ1) is 18.9. The zero-order chi connectivity index (χ0) is 27.8. The Morgan fingerprint density at radius 1 is 0.615 bits per heavy atom. The molecule has 0 N–H and O–H groups in total. The number of benzene rings is 4. The van der Waals surface area contributed by atoms with Gasteiger partial charge in [0.2, 0.25) is 0 Å². The first-order valence-electron chi connectivity index (χ1n) is 11.5. The van der Waals surface area contributed by atoms with Crippen molar-refractivity contribution in [3.63, 3.8) is 0 Å². The van der Waals surface area contributed by atoms with Crippen LogP contribution in [0, 0.1) is 20.2 Å². The van der Waals surface area contributed by atoms with Crippen LogP contribution in [-0.2, 0) is 0 Å². The van der Waals surface area contributed by atoms with E-state index in [-0.39, 0.29) is 22.9 Å². The number of hydrogen-bond donors (Lipinski definition) is 0. The van der Waals surface area contributed by atoms with Gasteiger partial charge in [0.25, 0.3) is 0 Å². The van der Waals surface area contributed by atoms with Crippen LogP contribution in [0.2, 0.25) is 0 Å². The highest BCUT2D eigenvalue weighted by Crippen LogP contribution is 2.29. The Bertz CT molecular complexity index is 1430. The van der Waals surface area contributed by atoms with Gasteiger partial charge >= 0.3 is 11.4 Å². The molecule has 0 spiro atoms. The van der Waals surface area contributed by atoms with Crippen molar-refractivity contribution in [2.75, 3.05) is 14.2 Å². The Hall–Kier alpha value is -5.58. The van der Waals surface area contributed by atoms with Gasteiger partial charge in [0.15, 0.2) is 11.5 Å². The van der Waals surface area contributed by atoms with Crippen LogP contribution in [0.25, 0.3) is 0 Å². The van der Waals surface area contributed by atoms with Crippen molar-refractivity contribution in [3.8, 4) is 23.0 Å². The van der Waals surface area contributed by atoms with Crippen molar-refractivity contribution >= 4 is 35.2 Å². The molecule has 0 amide bonds. The molecule has 0 aliphatic rings. The molecule has 0 aromatic heterocycles. The lowest BCUT2D eigenvalue weighted by molar-refractivity contribution is -0.385. The summed E-state index contributed by atoms with van der Waals surface area (Å²) in [6, 6.07) is 23.3. The van der Waals surface area contributed by atoms with Crippen molar-refractivity contribution in [2.45, 2.75) is 0 Å². The van der Waals surface area contributed by atoms with E-state index >= 15 is 0 Å². The van der Waals surface area contributed by atoms with E-state index in [1.54, 1.807) is 60.7 Å². The Kier molecular flexibility index (Phi) is 8.22. The minimum Gasteiger partial charge on any atom is -0.490 e. The number of ether oxygens (including phenoxy) is 3. The third-order valence-electron chi connectivity index (χ3n) is 5.43. The Labute approximate surface area is 222 Å². The number of aliphatic imine (C=N–C) groups is 2. The van der Waals surface area contributed by atoms with Gasteiger partial charge in [0.1, 0.15) is 11.5 Å². The maximum absolute atomic E-state index is 11.2. The molecule has 11 nitrogen and oxygen atoms in total. The van der Waals surface area contributed by atoms with Crippen molar-refractivity contribution in [2.24, 2.45) is 9.98 Å². The number of nitrogens with zero attached hydrogens (tertiary/aromatic N) is 4. The summed E-state index contributed by atoms with van der Waals surface area (Å²) in [6.45, 7) is 0. The average Bonchev–Trinajstić information content (AvgIpc) is 2.96. The summed E-state index contributed by atoms with van der Waals surface area (Å²) < 4.78 is 15.9. The van der Waals surface area contributed by atoms with Gasteiger partial charge in [-0.1, -0.05) is 0 Å². The first kappa shape index (κ1) is 26.5. The highest BCUT2D eigenvalue weighted by molar-refractivity contribution is 5.84. The predicted molar refractivity (Wildman–Crippen MR) is 147 cm³/mol. The maximum atomic E-state index is 11.2. The number of hydrogen-bond acceptors (Lipinski definition) is 9. The molecule has 39 heavy (non-hydrogen) atoms. The highest BCUT2D eigenvalue weighted by Gasteiger charge is 2.15. The van der Waals surface area contributed by atoms with Crippen LogP contribution in [0.3, 0.4) is 0 Å². The molecule has 0 saturated heterocycles. The molecule has 0 bridgehead atoms. The third-order valence-corrected chi connectivity index (χ3v) is 5.43. The quantitative estimate of drug-likeness (QED) is 0.126. The second kappa shape index (κ2) is 12.1. The lowest BCUT2D eigenvalue weighted by atomic mass is 10.2. The van der Waals surface area contributed by atoms with Crippen LogP contribution in [0.1, 0.15) is 11.1 Å². The molecular formula is C28H22N4O7. The molecular weight excluding hydrogens is 504 g/mol. The summed E-state index contributed by atoms with van der Waals surface area (Å²) in [5.74, 6) is 1.55. The van der Waals surface area contributed by atoms with Gasteiger partial charge in [-0.3, -0.25) is 30.2 Å². The average molecular weight is 527 g/mol. The monoisotopic (exact) mass is 526 g/mol. The summed E-state index contributed by atoms with van der Waals surface area (Å²) in [7, 11) is 2.76. The fourth-order valence-electron chi connectivity index (χ4n) is 3.49. The topological polar surface area (TPSA) is 139 Å². The molecule has 0 aliphatic heterocycles. The number of nitro benzene ring substituents is 2. The van der Waals surface area contributed by atoms with Gasteiger partial charge in [-0.05, 0) is 83.9 Å². The van der Waals surface area contributed by atoms with Crippen molar-refractivity contribution in [1.29, 1.82) is 0 Å². The second-order valence-corrected chi connectivity index (χ2v) is 7.98. The van der Waals surface area contributed by atoms with Gasteiger partial charge in [-0.2, -0.15) is 0 Å². The minimum absolute atomic E-state index is 0.133. The van der Waals surface area contributed by atoms with Crippen LogP contribution >= 0.6 is 0 Å². The van der Waals surface area contributed by atoms with Crippen LogP contribution in [0.5, 0.6) is 23.0 Å². The van der Waals surface area contributed by atoms with E-state index in [2.05, 4.69) is 9.98 Å². The molecule has 0 fully saturated rings. The molecule has 4 rings (SSSR count). The molecule has 0 heterocycles. The van der Waals surface area contributed by atoms with Crippen molar-refractivity contribution in [3.05, 3.63) is 116 Å². The number of nitro groups is 2. The normalized spacial score (nSPS) is 11.0. The van der Waals surface area contributed by atoms with E-state index in [0.717, 1.165) is 0 Å². The molecule has 11 heteroatoms. The Balaban J connectivity index is 1.38. The minimum atomic E-state index is -0.504. The van der Waals surface area contributed by atoms with Crippen molar-refractivity contribution in [1.82, 2.24) is 0 Å². The van der Waals surface area contributed by atoms with Crippen LogP contribution in [0.4, 0.5) is 22.7 Å². The Morgan fingerprint density at radius 3 is 1.33 bits per heavy atom. The van der Waals surface area contributed by atoms with Crippen LogP contribution < -0.4 is 14.2 Å². The van der Waals surface area contributed by atoms with Crippen LogP contribution in [0.15, 0.2) is 94.9 Å². The van der Waals surface area contributed by atoms with E-state index in [4.69, 9.17) is 14.2 Å². The molecule has 4 aromatic carbocycles. The predicted octanol–water partition coefficient (Wildman–Crippen LogP) is 6.81. The first-order valence-corrected chi connectivity index (χ1v) is 11.5. The van der Waals surface area contributed by atoms with E-state index < -0.39 is 9.85 Å². The fraction of sp³-hybridized carbons (Fsp3) is 0.0714. The lowest BCUT2D eigenvalue weighted by Gasteiger charge is -2.06. The second-order valence-electron chi connectivity index (χ2n) is 7.98. The third kappa shape index (κ3) is 6.80. The largest absolute Gasteiger partial charge is 0.490 e. The molecule has 0 atom stereocenters. The number of methoxy groups -OCH3 is 2. The van der Waals surface area contributed by atoms with E-state index in [1.807, 2.05) is 0 Å². The summed E-state index contributed by atoms with van der Waals surface area (Å²) >= 11 is 0. The maximum Gasteiger partial charge on any atom is 0.311 e.